The Morgan fingerprint density at radius 3 is 2.79 bits per heavy atom. The Morgan fingerprint density at radius 2 is 2.00 bits per heavy atom. The van der Waals surface area contributed by atoms with Crippen molar-refractivity contribution in [3.8, 4) is 0 Å². The van der Waals surface area contributed by atoms with Crippen LogP contribution in [0.2, 0.25) is 0 Å². The molecule has 3 heterocycles. The van der Waals surface area contributed by atoms with Gasteiger partial charge in [-0.25, -0.2) is 9.49 Å². The highest BCUT2D eigenvalue weighted by Crippen LogP contribution is 2.25. The van der Waals surface area contributed by atoms with Crippen LogP contribution in [0, 0.1) is 5.82 Å². The molecule has 2 aromatic carbocycles. The monoisotopic (exact) mass is 466 g/mol. The van der Waals surface area contributed by atoms with Crippen LogP contribution in [0.3, 0.4) is 0 Å². The minimum Gasteiger partial charge on any atom is -0.329 e. The summed E-state index contributed by atoms with van der Waals surface area (Å²) >= 11 is 5.94. The fraction of sp³-hybridized carbons (Fsp3) is 0.261. The van der Waals surface area contributed by atoms with Crippen LogP contribution < -0.4 is 5.56 Å². The minimum atomic E-state index is -0.593. The zero-order chi connectivity index (χ0) is 23.1. The van der Waals surface area contributed by atoms with Gasteiger partial charge in [0.1, 0.15) is 11.6 Å². The smallest absolute Gasteiger partial charge is 0.272 e. The van der Waals surface area contributed by atoms with Crippen LogP contribution >= 0.6 is 11.6 Å². The molecule has 1 N–H and O–H groups in total. The summed E-state index contributed by atoms with van der Waals surface area (Å²) in [4.78, 5) is 26.9. The SMILES string of the molecule is CC1CN(C(=O)c2cc(Cc3n[nH]c(=O)c4ccccc34)ccc2F)Cc2nnc(CCl)n21. The number of carbonyl (C=O) groups is 1. The van der Waals surface area contributed by atoms with Crippen LogP contribution in [0.5, 0.6) is 0 Å². The van der Waals surface area contributed by atoms with Crippen molar-refractivity contribution >= 4 is 28.3 Å². The van der Waals surface area contributed by atoms with Gasteiger partial charge in [0.2, 0.25) is 0 Å². The van der Waals surface area contributed by atoms with E-state index in [1.54, 1.807) is 29.2 Å². The Bertz CT molecular complexity index is 1430. The van der Waals surface area contributed by atoms with Gasteiger partial charge >= 0.3 is 0 Å². The van der Waals surface area contributed by atoms with Gasteiger partial charge in [-0.3, -0.25) is 9.59 Å². The van der Waals surface area contributed by atoms with Gasteiger partial charge in [-0.1, -0.05) is 24.3 Å². The second-order valence-electron chi connectivity index (χ2n) is 8.11. The number of aromatic amines is 1. The molecule has 0 saturated carbocycles. The van der Waals surface area contributed by atoms with Gasteiger partial charge in [0.25, 0.3) is 11.5 Å². The van der Waals surface area contributed by atoms with Crippen molar-refractivity contribution in [3.05, 3.63) is 87.1 Å². The van der Waals surface area contributed by atoms with Crippen LogP contribution in [-0.2, 0) is 18.8 Å². The number of amides is 1. The maximum atomic E-state index is 14.7. The lowest BCUT2D eigenvalue weighted by Crippen LogP contribution is -2.41. The Morgan fingerprint density at radius 1 is 1.21 bits per heavy atom. The molecule has 0 saturated heterocycles. The Labute approximate surface area is 193 Å². The van der Waals surface area contributed by atoms with Crippen molar-refractivity contribution in [2.24, 2.45) is 0 Å². The summed E-state index contributed by atoms with van der Waals surface area (Å²) in [6.45, 7) is 2.56. The van der Waals surface area contributed by atoms with E-state index in [-0.39, 0.29) is 29.6 Å². The molecule has 10 heteroatoms. The molecule has 8 nitrogen and oxygen atoms in total. The van der Waals surface area contributed by atoms with Gasteiger partial charge in [0.15, 0.2) is 5.82 Å². The highest BCUT2D eigenvalue weighted by Gasteiger charge is 2.30. The molecule has 4 aromatic rings. The van der Waals surface area contributed by atoms with E-state index in [1.165, 1.54) is 6.07 Å². The molecule has 33 heavy (non-hydrogen) atoms. The maximum absolute atomic E-state index is 14.7. The quantitative estimate of drug-likeness (QED) is 0.466. The van der Waals surface area contributed by atoms with E-state index in [9.17, 15) is 14.0 Å². The first-order chi connectivity index (χ1) is 16.0. The number of hydrogen-bond acceptors (Lipinski definition) is 5. The standard InChI is InChI=1S/C23H20ClFN6O2/c1-13-11-30(12-21-28-27-20(10-24)31(13)21)23(33)17-8-14(6-7-18(17)25)9-19-15-4-2-3-5-16(15)22(32)29-26-19/h2-8,13H,9-12H2,1H3,(H,29,32). The molecule has 1 unspecified atom stereocenters. The van der Waals surface area contributed by atoms with Crippen LogP contribution in [0.15, 0.2) is 47.3 Å². The van der Waals surface area contributed by atoms with E-state index in [0.717, 1.165) is 5.39 Å². The lowest BCUT2D eigenvalue weighted by molar-refractivity contribution is 0.0675. The molecule has 2 aromatic heterocycles. The van der Waals surface area contributed by atoms with Crippen molar-refractivity contribution in [1.82, 2.24) is 29.9 Å². The molecule has 168 valence electrons. The summed E-state index contributed by atoms with van der Waals surface area (Å²) in [6, 6.07) is 11.5. The first-order valence-corrected chi connectivity index (χ1v) is 11.0. The number of benzene rings is 2. The van der Waals surface area contributed by atoms with Gasteiger partial charge in [-0.2, -0.15) is 5.10 Å². The first kappa shape index (κ1) is 21.3. The van der Waals surface area contributed by atoms with Crippen molar-refractivity contribution in [3.63, 3.8) is 0 Å². The summed E-state index contributed by atoms with van der Waals surface area (Å²) in [5, 5.41) is 16.2. The number of alkyl halides is 1. The number of carbonyl (C=O) groups excluding carboxylic acids is 1. The van der Waals surface area contributed by atoms with Crippen molar-refractivity contribution < 1.29 is 9.18 Å². The Balaban J connectivity index is 1.44. The number of H-pyrrole nitrogens is 1. The molecule has 1 amide bonds. The van der Waals surface area contributed by atoms with Gasteiger partial charge < -0.3 is 9.47 Å². The molecule has 0 radical (unpaired) electrons. The van der Waals surface area contributed by atoms with E-state index < -0.39 is 11.7 Å². The van der Waals surface area contributed by atoms with Crippen LogP contribution in [0.4, 0.5) is 4.39 Å². The van der Waals surface area contributed by atoms with E-state index in [1.807, 2.05) is 23.6 Å². The predicted octanol–water partition coefficient (Wildman–Crippen LogP) is 3.20. The molecule has 1 aliphatic rings. The third-order valence-electron chi connectivity index (χ3n) is 5.91. The first-order valence-electron chi connectivity index (χ1n) is 10.5. The molecule has 0 aliphatic carbocycles. The molecule has 0 bridgehead atoms. The second-order valence-corrected chi connectivity index (χ2v) is 8.37. The molecular weight excluding hydrogens is 447 g/mol. The number of nitrogens with zero attached hydrogens (tertiary/aromatic N) is 5. The second kappa shape index (κ2) is 8.40. The minimum absolute atomic E-state index is 0.0148. The van der Waals surface area contributed by atoms with E-state index in [0.29, 0.717) is 41.3 Å². The number of hydrogen-bond donors (Lipinski definition) is 1. The van der Waals surface area contributed by atoms with Crippen LogP contribution in [0.1, 0.15) is 46.2 Å². The number of rotatable bonds is 4. The van der Waals surface area contributed by atoms with Crippen molar-refractivity contribution in [2.75, 3.05) is 6.54 Å². The molecule has 1 atom stereocenters. The number of halogens is 2. The number of fused-ring (bicyclic) bond motifs is 2. The average Bonchev–Trinajstić information content (AvgIpc) is 3.25. The number of nitrogens with one attached hydrogen (secondary N) is 1. The van der Waals surface area contributed by atoms with E-state index >= 15 is 0 Å². The fourth-order valence-corrected chi connectivity index (χ4v) is 4.56. The molecule has 0 fully saturated rings. The van der Waals surface area contributed by atoms with E-state index in [4.69, 9.17) is 11.6 Å². The molecule has 5 rings (SSSR count). The normalized spacial score (nSPS) is 15.6. The van der Waals surface area contributed by atoms with Crippen molar-refractivity contribution in [1.29, 1.82) is 0 Å². The van der Waals surface area contributed by atoms with Crippen LogP contribution in [0.25, 0.3) is 10.8 Å². The summed E-state index contributed by atoms with van der Waals surface area (Å²) in [6.07, 6.45) is 0.335. The third kappa shape index (κ3) is 3.78. The van der Waals surface area contributed by atoms with Gasteiger partial charge in [0, 0.05) is 18.4 Å². The lowest BCUT2D eigenvalue weighted by Gasteiger charge is -2.32. The maximum Gasteiger partial charge on any atom is 0.272 e. The Hall–Kier alpha value is -3.59. The van der Waals surface area contributed by atoms with Crippen molar-refractivity contribution in [2.45, 2.75) is 31.8 Å². The summed E-state index contributed by atoms with van der Waals surface area (Å²) in [5.74, 6) is 0.500. The van der Waals surface area contributed by atoms with Crippen LogP contribution in [-0.4, -0.2) is 42.3 Å². The fourth-order valence-electron chi connectivity index (χ4n) is 4.38. The average molecular weight is 467 g/mol. The zero-order valence-electron chi connectivity index (χ0n) is 17.8. The number of aromatic nitrogens is 5. The lowest BCUT2D eigenvalue weighted by atomic mass is 10.0. The zero-order valence-corrected chi connectivity index (χ0v) is 18.5. The third-order valence-corrected chi connectivity index (χ3v) is 6.15. The van der Waals surface area contributed by atoms with Gasteiger partial charge in [-0.15, -0.1) is 21.8 Å². The van der Waals surface area contributed by atoms with E-state index in [2.05, 4.69) is 20.4 Å². The predicted molar refractivity (Wildman–Crippen MR) is 121 cm³/mol. The highest BCUT2D eigenvalue weighted by molar-refractivity contribution is 6.16. The molecule has 0 spiro atoms. The van der Waals surface area contributed by atoms with Gasteiger partial charge in [-0.05, 0) is 30.7 Å². The topological polar surface area (TPSA) is 96.8 Å². The highest BCUT2D eigenvalue weighted by atomic mass is 35.5. The molecule has 1 aliphatic heterocycles. The largest absolute Gasteiger partial charge is 0.329 e. The summed E-state index contributed by atoms with van der Waals surface area (Å²) in [5.41, 5.74) is 1.07. The summed E-state index contributed by atoms with van der Waals surface area (Å²) in [7, 11) is 0. The molecular formula is C23H20ClFN6O2. The van der Waals surface area contributed by atoms with Gasteiger partial charge in [0.05, 0.1) is 35.1 Å². The Kier molecular flexibility index (Phi) is 5.41. The summed E-state index contributed by atoms with van der Waals surface area (Å²) < 4.78 is 16.6.